The zero-order valence-corrected chi connectivity index (χ0v) is 12.7. The van der Waals surface area contributed by atoms with Gasteiger partial charge in [0, 0.05) is 12.7 Å². The maximum Gasteiger partial charge on any atom is 0.327 e. The van der Waals surface area contributed by atoms with Crippen molar-refractivity contribution in [1.82, 2.24) is 0 Å². The number of aliphatic carboxylic acids is 1. The molecule has 4 heteroatoms. The lowest BCUT2D eigenvalue weighted by Gasteiger charge is -2.36. The van der Waals surface area contributed by atoms with Gasteiger partial charge in [0.05, 0.1) is 0 Å². The second kappa shape index (κ2) is 6.96. The molecule has 0 bridgehead atoms. The van der Waals surface area contributed by atoms with E-state index in [9.17, 15) is 4.79 Å². The monoisotopic (exact) mass is 258 g/mol. The molecule has 0 unspecified atom stereocenters. The number of carboxylic acid groups (broad SMARTS) is 1. The third kappa shape index (κ3) is 7.34. The number of carbonyl (C=O) groups is 1. The molecule has 0 aliphatic heterocycles. The fourth-order valence-corrected chi connectivity index (χ4v) is 2.18. The Morgan fingerprint density at radius 1 is 1.29 bits per heavy atom. The summed E-state index contributed by atoms with van der Waals surface area (Å²) in [7, 11) is -1.60. The normalized spacial score (nSPS) is 13.2. The summed E-state index contributed by atoms with van der Waals surface area (Å²) >= 11 is 0. The van der Waals surface area contributed by atoms with Crippen LogP contribution in [0.1, 0.15) is 40.0 Å². The van der Waals surface area contributed by atoms with Crippen molar-refractivity contribution in [3.05, 3.63) is 12.2 Å². The summed E-state index contributed by atoms with van der Waals surface area (Å²) in [5, 5.41) is 8.67. The molecule has 0 aliphatic carbocycles. The molecule has 100 valence electrons. The molecule has 0 aliphatic rings. The summed E-state index contributed by atoms with van der Waals surface area (Å²) in [4.78, 5) is 10.2. The summed E-state index contributed by atoms with van der Waals surface area (Å²) < 4.78 is 6.02. The average molecular weight is 258 g/mol. The molecule has 0 spiro atoms. The van der Waals surface area contributed by atoms with E-state index >= 15 is 0 Å². The van der Waals surface area contributed by atoms with Crippen LogP contribution >= 0.6 is 0 Å². The van der Waals surface area contributed by atoms with E-state index < -0.39 is 14.3 Å². The van der Waals surface area contributed by atoms with Crippen molar-refractivity contribution >= 4 is 14.3 Å². The summed E-state index contributed by atoms with van der Waals surface area (Å²) in [6.45, 7) is 12.0. The third-order valence-corrected chi connectivity index (χ3v) is 7.83. The number of hydrogen-bond acceptors (Lipinski definition) is 2. The minimum absolute atomic E-state index is 0.260. The van der Waals surface area contributed by atoms with Crippen LogP contribution in [0.4, 0.5) is 0 Å². The number of hydrogen-bond donors (Lipinski definition) is 1. The highest BCUT2D eigenvalue weighted by Crippen LogP contribution is 2.36. The summed E-state index contributed by atoms with van der Waals surface area (Å²) in [6.07, 6.45) is 5.70. The van der Waals surface area contributed by atoms with E-state index in [2.05, 4.69) is 33.9 Å². The third-order valence-electron chi connectivity index (χ3n) is 3.29. The highest BCUT2D eigenvalue weighted by molar-refractivity contribution is 6.74. The molecular formula is C13H26O3Si. The van der Waals surface area contributed by atoms with Crippen molar-refractivity contribution < 1.29 is 14.3 Å². The fraction of sp³-hybridized carbons (Fsp3) is 0.769. The minimum atomic E-state index is -1.60. The lowest BCUT2D eigenvalue weighted by atomic mass is 10.2. The van der Waals surface area contributed by atoms with Crippen LogP contribution in [0.3, 0.4) is 0 Å². The molecule has 0 aromatic rings. The molecule has 17 heavy (non-hydrogen) atoms. The van der Waals surface area contributed by atoms with Crippen LogP contribution in [0.2, 0.25) is 18.1 Å². The van der Waals surface area contributed by atoms with Crippen LogP contribution in [0.25, 0.3) is 0 Å². The van der Waals surface area contributed by atoms with E-state index in [4.69, 9.17) is 9.53 Å². The van der Waals surface area contributed by atoms with Crippen LogP contribution in [0, 0.1) is 0 Å². The van der Waals surface area contributed by atoms with Gasteiger partial charge in [0.25, 0.3) is 0 Å². The lowest BCUT2D eigenvalue weighted by molar-refractivity contribution is -0.131. The number of allylic oxidation sites excluding steroid dienone is 1. The van der Waals surface area contributed by atoms with E-state index in [0.717, 1.165) is 25.9 Å². The van der Waals surface area contributed by atoms with E-state index in [-0.39, 0.29) is 5.04 Å². The number of rotatable bonds is 7. The summed E-state index contributed by atoms with van der Waals surface area (Å²) in [6, 6.07) is 0. The van der Waals surface area contributed by atoms with Gasteiger partial charge >= 0.3 is 5.97 Å². The number of unbranched alkanes of at least 4 members (excludes halogenated alkanes) is 2. The minimum Gasteiger partial charge on any atom is -0.478 e. The Bertz CT molecular complexity index is 264. The highest BCUT2D eigenvalue weighted by atomic mass is 28.4. The zero-order chi connectivity index (χ0) is 13.5. The average Bonchev–Trinajstić information content (AvgIpc) is 2.13. The molecule has 0 aromatic carbocycles. The van der Waals surface area contributed by atoms with Crippen molar-refractivity contribution in [1.29, 1.82) is 0 Å². The van der Waals surface area contributed by atoms with Crippen molar-refractivity contribution in [2.45, 2.75) is 58.2 Å². The van der Waals surface area contributed by atoms with Crippen LogP contribution in [0.5, 0.6) is 0 Å². The standard InChI is InChI=1S/C13H26O3Si/c1-13(2,3)17(4,5)16-11-9-7-6-8-10-12(14)15/h8,10H,6-7,9,11H2,1-5H3,(H,14,15)/b10-8-. The maximum absolute atomic E-state index is 10.2. The first-order chi connectivity index (χ1) is 7.67. The Labute approximate surface area is 106 Å². The van der Waals surface area contributed by atoms with E-state index in [1.165, 1.54) is 6.08 Å². The first-order valence-electron chi connectivity index (χ1n) is 6.20. The molecule has 0 saturated heterocycles. The quantitative estimate of drug-likeness (QED) is 0.429. The van der Waals surface area contributed by atoms with Gasteiger partial charge in [-0.15, -0.1) is 0 Å². The molecule has 0 amide bonds. The zero-order valence-electron chi connectivity index (χ0n) is 11.7. The second-order valence-electron chi connectivity index (χ2n) is 5.85. The van der Waals surface area contributed by atoms with Gasteiger partial charge in [-0.2, -0.15) is 0 Å². The second-order valence-corrected chi connectivity index (χ2v) is 10.7. The molecule has 0 saturated carbocycles. The molecule has 0 atom stereocenters. The first-order valence-corrected chi connectivity index (χ1v) is 9.11. The van der Waals surface area contributed by atoms with E-state index in [1.54, 1.807) is 6.08 Å². The summed E-state index contributed by atoms with van der Waals surface area (Å²) in [5.74, 6) is -0.873. The summed E-state index contributed by atoms with van der Waals surface area (Å²) in [5.41, 5.74) is 0. The van der Waals surface area contributed by atoms with Gasteiger partial charge in [-0.25, -0.2) is 4.79 Å². The Hall–Kier alpha value is -0.613. The van der Waals surface area contributed by atoms with Crippen LogP contribution in [-0.2, 0) is 9.22 Å². The molecule has 3 nitrogen and oxygen atoms in total. The van der Waals surface area contributed by atoms with E-state index in [1.807, 2.05) is 0 Å². The molecule has 1 N–H and O–H groups in total. The maximum atomic E-state index is 10.2. The van der Waals surface area contributed by atoms with Gasteiger partial charge in [-0.1, -0.05) is 26.8 Å². The highest BCUT2D eigenvalue weighted by Gasteiger charge is 2.36. The number of carboxylic acids is 1. The smallest absolute Gasteiger partial charge is 0.327 e. The molecule has 0 radical (unpaired) electrons. The van der Waals surface area contributed by atoms with E-state index in [0.29, 0.717) is 0 Å². The van der Waals surface area contributed by atoms with Gasteiger partial charge in [0.15, 0.2) is 8.32 Å². The predicted octanol–water partition coefficient (Wildman–Crippen LogP) is 3.82. The van der Waals surface area contributed by atoms with Crippen LogP contribution < -0.4 is 0 Å². The van der Waals surface area contributed by atoms with Crippen LogP contribution in [0.15, 0.2) is 12.2 Å². The molecule has 0 heterocycles. The predicted molar refractivity (Wildman–Crippen MR) is 73.8 cm³/mol. The molecule has 0 rings (SSSR count). The van der Waals surface area contributed by atoms with Gasteiger partial charge in [-0.05, 0) is 37.4 Å². The Morgan fingerprint density at radius 2 is 1.88 bits per heavy atom. The first kappa shape index (κ1) is 16.4. The van der Waals surface area contributed by atoms with Gasteiger partial charge in [0.1, 0.15) is 0 Å². The van der Waals surface area contributed by atoms with Crippen molar-refractivity contribution in [2.24, 2.45) is 0 Å². The molecular weight excluding hydrogens is 232 g/mol. The Kier molecular flexibility index (Phi) is 6.71. The Morgan fingerprint density at radius 3 is 2.35 bits per heavy atom. The lowest BCUT2D eigenvalue weighted by Crippen LogP contribution is -2.40. The SMILES string of the molecule is CC(C)(C)[Si](C)(C)OCCCC/C=C\C(=O)O. The van der Waals surface area contributed by atoms with Crippen LogP contribution in [-0.4, -0.2) is 26.0 Å². The fourth-order valence-electron chi connectivity index (χ4n) is 1.09. The van der Waals surface area contributed by atoms with Gasteiger partial charge in [0.2, 0.25) is 0 Å². The van der Waals surface area contributed by atoms with Crippen molar-refractivity contribution in [2.75, 3.05) is 6.61 Å². The largest absolute Gasteiger partial charge is 0.478 e. The molecule has 0 fully saturated rings. The topological polar surface area (TPSA) is 46.5 Å². The Balaban J connectivity index is 3.69. The van der Waals surface area contributed by atoms with Crippen molar-refractivity contribution in [3.63, 3.8) is 0 Å². The van der Waals surface area contributed by atoms with Gasteiger partial charge < -0.3 is 9.53 Å². The van der Waals surface area contributed by atoms with Crippen molar-refractivity contribution in [3.8, 4) is 0 Å². The van der Waals surface area contributed by atoms with Gasteiger partial charge in [-0.3, -0.25) is 0 Å². The molecule has 0 aromatic heterocycles.